The monoisotopic (exact) mass is 275 g/mol. The number of hydrogen-bond acceptors (Lipinski definition) is 2. The second-order valence-corrected chi connectivity index (χ2v) is 6.65. The van der Waals surface area contributed by atoms with E-state index in [1.807, 2.05) is 20.8 Å². The molecule has 2 rings (SSSR count). The summed E-state index contributed by atoms with van der Waals surface area (Å²) >= 11 is 0. The van der Waals surface area contributed by atoms with Crippen LogP contribution in [0.1, 0.15) is 62.8 Å². The largest absolute Gasteiger partial charge is 0.444 e. The minimum atomic E-state index is -0.453. The fourth-order valence-electron chi connectivity index (χ4n) is 2.71. The van der Waals surface area contributed by atoms with Crippen molar-refractivity contribution in [3.05, 3.63) is 34.9 Å². The number of amides is 1. The number of carbonyl (C=O) groups is 1. The molecular weight excluding hydrogens is 250 g/mol. The molecule has 0 bridgehead atoms. The molecule has 3 heteroatoms. The maximum absolute atomic E-state index is 12.0. The smallest absolute Gasteiger partial charge is 0.408 e. The van der Waals surface area contributed by atoms with Crippen molar-refractivity contribution in [2.24, 2.45) is 0 Å². The first-order valence-corrected chi connectivity index (χ1v) is 7.44. The molecule has 1 aromatic carbocycles. The molecule has 0 radical (unpaired) electrons. The third-order valence-electron chi connectivity index (χ3n) is 3.55. The normalized spacial score (nSPS) is 18.9. The average Bonchev–Trinajstić information content (AvgIpc) is 2.49. The van der Waals surface area contributed by atoms with Crippen molar-refractivity contribution in [1.82, 2.24) is 5.32 Å². The van der Waals surface area contributed by atoms with Crippen molar-refractivity contribution in [2.75, 3.05) is 0 Å². The number of hydrogen-bond donors (Lipinski definition) is 1. The molecule has 1 aliphatic carbocycles. The van der Waals surface area contributed by atoms with E-state index in [0.717, 1.165) is 19.3 Å². The van der Waals surface area contributed by atoms with Crippen molar-refractivity contribution < 1.29 is 9.53 Å². The van der Waals surface area contributed by atoms with E-state index in [4.69, 9.17) is 4.74 Å². The van der Waals surface area contributed by atoms with E-state index in [1.54, 1.807) is 0 Å². The Kier molecular flexibility index (Phi) is 4.36. The molecule has 0 aliphatic heterocycles. The van der Waals surface area contributed by atoms with Crippen molar-refractivity contribution in [3.8, 4) is 0 Å². The Morgan fingerprint density at radius 1 is 1.30 bits per heavy atom. The Labute approximate surface area is 121 Å². The summed E-state index contributed by atoms with van der Waals surface area (Å²) in [5.41, 5.74) is 3.44. The van der Waals surface area contributed by atoms with E-state index in [1.165, 1.54) is 23.1 Å². The number of carbonyl (C=O) groups excluding carboxylic acids is 1. The van der Waals surface area contributed by atoms with Gasteiger partial charge >= 0.3 is 6.09 Å². The predicted octanol–water partition coefficient (Wildman–Crippen LogP) is 4.29. The Morgan fingerprint density at radius 2 is 2.05 bits per heavy atom. The summed E-state index contributed by atoms with van der Waals surface area (Å²) in [5, 5.41) is 3.03. The van der Waals surface area contributed by atoms with Gasteiger partial charge in [0.1, 0.15) is 5.60 Å². The van der Waals surface area contributed by atoms with Crippen LogP contribution >= 0.6 is 0 Å². The van der Waals surface area contributed by atoms with Crippen molar-refractivity contribution in [3.63, 3.8) is 0 Å². The zero-order valence-electron chi connectivity index (χ0n) is 13.0. The lowest BCUT2D eigenvalue weighted by Crippen LogP contribution is -2.35. The highest BCUT2D eigenvalue weighted by Gasteiger charge is 2.23. The minimum Gasteiger partial charge on any atom is -0.444 e. The molecular formula is C17H25NO2. The minimum absolute atomic E-state index is 0.0722. The first kappa shape index (κ1) is 14.9. The predicted molar refractivity (Wildman–Crippen MR) is 80.8 cm³/mol. The van der Waals surface area contributed by atoms with Crippen molar-refractivity contribution >= 4 is 6.09 Å². The van der Waals surface area contributed by atoms with E-state index >= 15 is 0 Å². The number of aryl methyl sites for hydroxylation is 2. The number of fused-ring (bicyclic) bond motifs is 1. The van der Waals surface area contributed by atoms with E-state index in [2.05, 4.69) is 30.4 Å². The van der Waals surface area contributed by atoms with Gasteiger partial charge in [-0.05, 0) is 58.1 Å². The maximum Gasteiger partial charge on any atom is 0.408 e. The molecule has 3 nitrogen and oxygen atoms in total. The van der Waals surface area contributed by atoms with Crippen LogP contribution in [-0.2, 0) is 11.2 Å². The maximum atomic E-state index is 12.0. The lowest BCUT2D eigenvalue weighted by atomic mass is 9.97. The van der Waals surface area contributed by atoms with Crippen LogP contribution in [0.25, 0.3) is 0 Å². The molecule has 0 saturated carbocycles. The molecule has 0 aromatic heterocycles. The van der Waals surface area contributed by atoms with E-state index in [9.17, 15) is 4.79 Å². The fourth-order valence-corrected chi connectivity index (χ4v) is 2.71. The van der Waals surface area contributed by atoms with Gasteiger partial charge in [0.25, 0.3) is 0 Å². The summed E-state index contributed by atoms with van der Waals surface area (Å²) in [4.78, 5) is 12.0. The van der Waals surface area contributed by atoms with Gasteiger partial charge in [0.05, 0.1) is 6.04 Å². The molecule has 1 atom stereocenters. The first-order chi connectivity index (χ1) is 9.35. The molecule has 0 fully saturated rings. The van der Waals surface area contributed by atoms with Crippen LogP contribution < -0.4 is 5.32 Å². The molecule has 110 valence electrons. The quantitative estimate of drug-likeness (QED) is 0.777. The first-order valence-electron chi connectivity index (χ1n) is 7.44. The Hall–Kier alpha value is -1.51. The number of alkyl carbamates (subject to hydrolysis) is 1. The number of ether oxygens (including phenoxy) is 1. The molecule has 1 amide bonds. The highest BCUT2D eigenvalue weighted by molar-refractivity contribution is 5.68. The zero-order valence-corrected chi connectivity index (χ0v) is 13.0. The average molecular weight is 275 g/mol. The summed E-state index contributed by atoms with van der Waals surface area (Å²) in [5.74, 6) is 0. The van der Waals surface area contributed by atoms with Gasteiger partial charge in [-0.2, -0.15) is 0 Å². The zero-order chi connectivity index (χ0) is 14.8. The van der Waals surface area contributed by atoms with E-state index < -0.39 is 5.60 Å². The van der Waals surface area contributed by atoms with Crippen LogP contribution in [-0.4, -0.2) is 11.7 Å². The molecule has 0 heterocycles. The summed E-state index contributed by atoms with van der Waals surface area (Å²) in [6.07, 6.45) is 4.08. The van der Waals surface area contributed by atoms with Crippen molar-refractivity contribution in [1.29, 1.82) is 0 Å². The number of benzene rings is 1. The van der Waals surface area contributed by atoms with Gasteiger partial charge in [-0.25, -0.2) is 4.79 Å². The molecule has 1 unspecified atom stereocenters. The summed E-state index contributed by atoms with van der Waals surface area (Å²) in [6, 6.07) is 6.58. The van der Waals surface area contributed by atoms with Crippen LogP contribution in [0.3, 0.4) is 0 Å². The van der Waals surface area contributed by atoms with Gasteiger partial charge in [0, 0.05) is 0 Å². The molecule has 1 N–H and O–H groups in total. The second-order valence-electron chi connectivity index (χ2n) is 6.65. The molecule has 20 heavy (non-hydrogen) atoms. The third kappa shape index (κ3) is 3.99. The van der Waals surface area contributed by atoms with Crippen LogP contribution in [0.15, 0.2) is 18.2 Å². The molecule has 1 aliphatic rings. The van der Waals surface area contributed by atoms with Gasteiger partial charge in [0.2, 0.25) is 0 Å². The standard InChI is InChI=1S/C17H25NO2/c1-12-9-10-14-13(11-12)7-5-6-8-15(14)18-16(19)20-17(2,3)4/h9-11,15H,5-8H2,1-4H3,(H,18,19). The van der Waals surface area contributed by atoms with E-state index in [0.29, 0.717) is 0 Å². The third-order valence-corrected chi connectivity index (χ3v) is 3.55. The molecule has 1 aromatic rings. The number of rotatable bonds is 1. The van der Waals surface area contributed by atoms with Gasteiger partial charge < -0.3 is 10.1 Å². The van der Waals surface area contributed by atoms with Gasteiger partial charge in [-0.3, -0.25) is 0 Å². The molecule has 0 saturated heterocycles. The van der Waals surface area contributed by atoms with Crippen molar-refractivity contribution in [2.45, 2.75) is 65.0 Å². The lowest BCUT2D eigenvalue weighted by molar-refractivity contribution is 0.0501. The topological polar surface area (TPSA) is 38.3 Å². The van der Waals surface area contributed by atoms with E-state index in [-0.39, 0.29) is 12.1 Å². The van der Waals surface area contributed by atoms with Gasteiger partial charge in [-0.15, -0.1) is 0 Å². The lowest BCUT2D eigenvalue weighted by Gasteiger charge is -2.24. The summed E-state index contributed by atoms with van der Waals surface area (Å²) in [7, 11) is 0. The van der Waals surface area contributed by atoms with Gasteiger partial charge in [-0.1, -0.05) is 30.2 Å². The Morgan fingerprint density at radius 3 is 2.75 bits per heavy atom. The SMILES string of the molecule is Cc1ccc2c(c1)CCCCC2NC(=O)OC(C)(C)C. The molecule has 0 spiro atoms. The van der Waals surface area contributed by atoms with Crippen LogP contribution in [0, 0.1) is 6.92 Å². The summed E-state index contributed by atoms with van der Waals surface area (Å²) in [6.45, 7) is 7.77. The van der Waals surface area contributed by atoms with Crippen LogP contribution in [0.2, 0.25) is 0 Å². The fraction of sp³-hybridized carbons (Fsp3) is 0.588. The number of nitrogens with one attached hydrogen (secondary N) is 1. The van der Waals surface area contributed by atoms with Gasteiger partial charge in [0.15, 0.2) is 0 Å². The Balaban J connectivity index is 2.14. The van der Waals surface area contributed by atoms with Crippen LogP contribution in [0.5, 0.6) is 0 Å². The second kappa shape index (κ2) is 5.86. The highest BCUT2D eigenvalue weighted by Crippen LogP contribution is 2.29. The highest BCUT2D eigenvalue weighted by atomic mass is 16.6. The summed E-state index contributed by atoms with van der Waals surface area (Å²) < 4.78 is 5.37. The van der Waals surface area contributed by atoms with Crippen LogP contribution in [0.4, 0.5) is 4.79 Å². The Bertz CT molecular complexity index is 488.